The zero-order valence-electron chi connectivity index (χ0n) is 20.6. The van der Waals surface area contributed by atoms with E-state index in [1.807, 2.05) is 60.3 Å². The maximum atomic E-state index is 6.45. The van der Waals surface area contributed by atoms with E-state index >= 15 is 0 Å². The number of benzene rings is 3. The molecule has 0 spiro atoms. The summed E-state index contributed by atoms with van der Waals surface area (Å²) >= 11 is 0. The van der Waals surface area contributed by atoms with Crippen LogP contribution in [0, 0.1) is 0 Å². The average molecular weight is 477 g/mol. The van der Waals surface area contributed by atoms with Crippen molar-refractivity contribution >= 4 is 22.3 Å². The maximum Gasteiger partial charge on any atom is 0.181 e. The van der Waals surface area contributed by atoms with Gasteiger partial charge in [-0.05, 0) is 60.2 Å². The number of nitrogen functional groups attached to an aromatic ring is 2. The van der Waals surface area contributed by atoms with Gasteiger partial charge in [0.05, 0.1) is 23.8 Å². The van der Waals surface area contributed by atoms with Gasteiger partial charge in [-0.1, -0.05) is 48.5 Å². The predicted molar refractivity (Wildman–Crippen MR) is 142 cm³/mol. The summed E-state index contributed by atoms with van der Waals surface area (Å²) in [6, 6.07) is 24.2. The molecule has 5 aromatic rings. The Morgan fingerprint density at radius 1 is 0.944 bits per heavy atom. The van der Waals surface area contributed by atoms with Gasteiger partial charge in [-0.15, -0.1) is 0 Å². The number of anilines is 2. The Bertz CT molecular complexity index is 1610. The largest absolute Gasteiger partial charge is 0.399 e. The predicted octanol–water partition coefficient (Wildman–Crippen LogP) is 5.14. The summed E-state index contributed by atoms with van der Waals surface area (Å²) < 4.78 is 7.89. The zero-order chi connectivity index (χ0) is 25.0. The Hall–Kier alpha value is -4.23. The number of nitrogens with zero attached hydrogens (tertiary/aromatic N) is 4. The van der Waals surface area contributed by atoms with Crippen molar-refractivity contribution in [2.75, 3.05) is 11.5 Å². The second-order valence-corrected chi connectivity index (χ2v) is 9.84. The van der Waals surface area contributed by atoms with Crippen LogP contribution in [0.15, 0.2) is 72.8 Å². The summed E-state index contributed by atoms with van der Waals surface area (Å²) in [5, 5.41) is 6.57. The van der Waals surface area contributed by atoms with E-state index in [9.17, 15) is 0 Å². The minimum Gasteiger partial charge on any atom is -0.399 e. The fraction of sp³-hybridized carbons (Fsp3) is 0.207. The summed E-state index contributed by atoms with van der Waals surface area (Å²) in [5.41, 5.74) is 18.0. The number of fused-ring (bicyclic) bond motifs is 2. The highest BCUT2D eigenvalue weighted by Gasteiger charge is 2.33. The third kappa shape index (κ3) is 3.69. The van der Waals surface area contributed by atoms with Crippen LogP contribution in [0.5, 0.6) is 0 Å². The lowest BCUT2D eigenvalue weighted by atomic mass is 9.87. The van der Waals surface area contributed by atoms with Crippen LogP contribution < -0.4 is 11.5 Å². The molecule has 0 saturated heterocycles. The van der Waals surface area contributed by atoms with E-state index in [0.29, 0.717) is 23.9 Å². The van der Waals surface area contributed by atoms with Crippen molar-refractivity contribution in [2.24, 2.45) is 7.05 Å². The van der Waals surface area contributed by atoms with Crippen molar-refractivity contribution in [3.8, 4) is 11.4 Å². The first-order chi connectivity index (χ1) is 17.3. The molecular weight excluding hydrogens is 448 g/mol. The maximum absolute atomic E-state index is 6.45. The molecule has 0 radical (unpaired) electrons. The lowest BCUT2D eigenvalue weighted by Crippen LogP contribution is -2.17. The van der Waals surface area contributed by atoms with E-state index in [1.165, 1.54) is 11.1 Å². The Morgan fingerprint density at radius 3 is 2.56 bits per heavy atom. The fourth-order valence-electron chi connectivity index (χ4n) is 5.08. The van der Waals surface area contributed by atoms with Crippen LogP contribution in [0.25, 0.3) is 22.2 Å². The Kier molecular flexibility index (Phi) is 5.05. The minimum absolute atomic E-state index is 0.296. The summed E-state index contributed by atoms with van der Waals surface area (Å²) in [6.45, 7) is 4.81. The molecule has 0 aliphatic carbocycles. The lowest BCUT2D eigenvalue weighted by Gasteiger charge is -2.22. The van der Waals surface area contributed by atoms with Gasteiger partial charge in [0.1, 0.15) is 11.6 Å². The number of hydrogen-bond acceptors (Lipinski definition) is 6. The van der Waals surface area contributed by atoms with E-state index < -0.39 is 0 Å². The van der Waals surface area contributed by atoms with E-state index in [4.69, 9.17) is 31.3 Å². The first-order valence-electron chi connectivity index (χ1n) is 12.0. The van der Waals surface area contributed by atoms with E-state index in [-0.39, 0.29) is 11.5 Å². The van der Waals surface area contributed by atoms with Crippen LogP contribution in [0.2, 0.25) is 0 Å². The summed E-state index contributed by atoms with van der Waals surface area (Å²) in [7, 11) is 1.92. The molecule has 0 fully saturated rings. The third-order valence-corrected chi connectivity index (χ3v) is 6.99. The van der Waals surface area contributed by atoms with E-state index in [2.05, 4.69) is 38.1 Å². The number of hydrogen-bond donors (Lipinski definition) is 2. The zero-order valence-corrected chi connectivity index (χ0v) is 20.6. The quantitative estimate of drug-likeness (QED) is 0.348. The van der Waals surface area contributed by atoms with Crippen LogP contribution in [-0.4, -0.2) is 19.7 Å². The van der Waals surface area contributed by atoms with Crippen molar-refractivity contribution < 1.29 is 4.74 Å². The van der Waals surface area contributed by atoms with Gasteiger partial charge >= 0.3 is 0 Å². The van der Waals surface area contributed by atoms with Crippen molar-refractivity contribution in [3.05, 3.63) is 101 Å². The molecule has 4 N–H and O–H groups in total. The van der Waals surface area contributed by atoms with Crippen molar-refractivity contribution in [1.29, 1.82) is 0 Å². The standard InChI is InChI=1S/C29H28N6O/c1-29(2)23-14-18(9-10-19(23)16-36-29)25(24-15-20-13-21(30)11-12-22(20)26(31)32-24)28-33-27(34-35(28)3)17-7-5-4-6-8-17/h4-15,25H,16,30H2,1-3H3,(H2,31,32). The molecule has 1 atom stereocenters. The van der Waals surface area contributed by atoms with Gasteiger partial charge in [-0.2, -0.15) is 5.10 Å². The SMILES string of the molecule is Cn1nc(-c2ccccc2)nc1C(c1ccc2c(c1)C(C)(C)OC2)c1cc2cc(N)ccc2c(N)n1. The smallest absolute Gasteiger partial charge is 0.181 e. The van der Waals surface area contributed by atoms with Crippen LogP contribution in [0.1, 0.15) is 48.0 Å². The molecule has 1 aliphatic rings. The number of aryl methyl sites for hydroxylation is 1. The van der Waals surface area contributed by atoms with Crippen molar-refractivity contribution in [1.82, 2.24) is 19.7 Å². The molecular formula is C29H28N6O. The van der Waals surface area contributed by atoms with Gasteiger partial charge in [0.25, 0.3) is 0 Å². The Balaban J connectivity index is 1.58. The normalized spacial score (nSPS) is 15.2. The van der Waals surface area contributed by atoms with Crippen LogP contribution in [-0.2, 0) is 24.0 Å². The Morgan fingerprint density at radius 2 is 1.75 bits per heavy atom. The van der Waals surface area contributed by atoms with Gasteiger partial charge in [0.2, 0.25) is 0 Å². The van der Waals surface area contributed by atoms with Gasteiger partial charge in [0.15, 0.2) is 5.82 Å². The van der Waals surface area contributed by atoms with E-state index in [0.717, 1.165) is 33.4 Å². The van der Waals surface area contributed by atoms with Crippen LogP contribution in [0.3, 0.4) is 0 Å². The highest BCUT2D eigenvalue weighted by atomic mass is 16.5. The molecule has 1 aliphatic heterocycles. The number of nitrogens with two attached hydrogens (primary N) is 2. The van der Waals surface area contributed by atoms with Crippen molar-refractivity contribution in [3.63, 3.8) is 0 Å². The average Bonchev–Trinajstić information content (AvgIpc) is 3.39. The molecule has 7 nitrogen and oxygen atoms in total. The topological polar surface area (TPSA) is 105 Å². The monoisotopic (exact) mass is 476 g/mol. The molecule has 180 valence electrons. The van der Waals surface area contributed by atoms with Gasteiger partial charge in [-0.25, -0.2) is 9.97 Å². The number of rotatable bonds is 4. The molecule has 3 aromatic carbocycles. The summed E-state index contributed by atoms with van der Waals surface area (Å²) in [6.07, 6.45) is 0. The summed E-state index contributed by atoms with van der Waals surface area (Å²) in [4.78, 5) is 9.87. The van der Waals surface area contributed by atoms with Crippen LogP contribution >= 0.6 is 0 Å². The molecule has 6 rings (SSSR count). The van der Waals surface area contributed by atoms with Crippen LogP contribution in [0.4, 0.5) is 11.5 Å². The molecule has 0 saturated carbocycles. The Labute approximate surface area is 209 Å². The number of pyridine rings is 1. The molecule has 2 aromatic heterocycles. The molecule has 3 heterocycles. The summed E-state index contributed by atoms with van der Waals surface area (Å²) in [5.74, 6) is 1.61. The second-order valence-electron chi connectivity index (χ2n) is 9.84. The first-order valence-corrected chi connectivity index (χ1v) is 12.0. The van der Waals surface area contributed by atoms with Gasteiger partial charge in [-0.3, -0.25) is 4.68 Å². The second kappa shape index (κ2) is 8.17. The lowest BCUT2D eigenvalue weighted by molar-refractivity contribution is -0.00792. The van der Waals surface area contributed by atoms with Crippen molar-refractivity contribution in [2.45, 2.75) is 32.0 Å². The third-order valence-electron chi connectivity index (χ3n) is 6.99. The highest BCUT2D eigenvalue weighted by Crippen LogP contribution is 2.40. The molecule has 1 unspecified atom stereocenters. The first kappa shape index (κ1) is 22.2. The molecule has 7 heteroatoms. The number of aromatic nitrogens is 4. The van der Waals surface area contributed by atoms with Gasteiger partial charge < -0.3 is 16.2 Å². The molecule has 0 bridgehead atoms. The molecule has 0 amide bonds. The van der Waals surface area contributed by atoms with E-state index in [1.54, 1.807) is 0 Å². The number of ether oxygens (including phenoxy) is 1. The minimum atomic E-state index is -0.366. The highest BCUT2D eigenvalue weighted by molar-refractivity contribution is 5.93. The fourth-order valence-corrected chi connectivity index (χ4v) is 5.08. The van der Waals surface area contributed by atoms with Gasteiger partial charge in [0, 0.05) is 23.7 Å². The molecule has 36 heavy (non-hydrogen) atoms.